The quantitative estimate of drug-likeness (QED) is 0.557. The maximum Gasteiger partial charge on any atom is 0.00977 e. The summed E-state index contributed by atoms with van der Waals surface area (Å²) in [6.07, 6.45) is 5.51. The van der Waals surface area contributed by atoms with Gasteiger partial charge in [-0.3, -0.25) is 0 Å². The molecule has 10 heavy (non-hydrogen) atoms. The fourth-order valence-electron chi connectivity index (χ4n) is 1.13. The van der Waals surface area contributed by atoms with Gasteiger partial charge in [0.1, 0.15) is 0 Å². The fraction of sp³-hybridized carbons (Fsp3) is 0.625. The van der Waals surface area contributed by atoms with Crippen LogP contribution in [0.25, 0.3) is 0 Å². The molecule has 0 unspecified atom stereocenters. The summed E-state index contributed by atoms with van der Waals surface area (Å²) >= 11 is 7.00. The van der Waals surface area contributed by atoms with Crippen LogP contribution >= 0.6 is 24.0 Å². The van der Waals surface area contributed by atoms with Crippen molar-refractivity contribution < 1.29 is 0 Å². The molecule has 0 nitrogen and oxygen atoms in total. The molecule has 0 aromatic rings. The van der Waals surface area contributed by atoms with Gasteiger partial charge >= 0.3 is 0 Å². The van der Waals surface area contributed by atoms with E-state index in [9.17, 15) is 0 Å². The highest BCUT2D eigenvalue weighted by Crippen LogP contribution is 2.29. The number of allylic oxidation sites excluding steroid dienone is 2. The van der Waals surface area contributed by atoms with Gasteiger partial charge in [0.25, 0.3) is 0 Å². The van der Waals surface area contributed by atoms with E-state index >= 15 is 0 Å². The van der Waals surface area contributed by atoms with Crippen molar-refractivity contribution in [1.29, 1.82) is 0 Å². The van der Waals surface area contributed by atoms with Crippen LogP contribution in [-0.2, 0) is 0 Å². The van der Waals surface area contributed by atoms with Gasteiger partial charge in [0.2, 0.25) is 0 Å². The molecule has 0 saturated heterocycles. The zero-order valence-electron chi connectivity index (χ0n) is 6.44. The standard InChI is InChI=1S/C8H12S2/c1-6-3-4-7(9)5-8(6)10-2/h3-5H2,1-2H3. The minimum absolute atomic E-state index is 1.06. The van der Waals surface area contributed by atoms with E-state index in [0.717, 1.165) is 12.8 Å². The van der Waals surface area contributed by atoms with Gasteiger partial charge in [-0.15, -0.1) is 11.8 Å². The van der Waals surface area contributed by atoms with E-state index in [2.05, 4.69) is 13.2 Å². The molecule has 0 aliphatic heterocycles. The predicted molar refractivity (Wildman–Crippen MR) is 52.7 cm³/mol. The molecule has 0 spiro atoms. The SMILES string of the molecule is CSC1=C(C)CCC(=S)C1. The normalized spacial score (nSPS) is 20.0. The van der Waals surface area contributed by atoms with Crippen LogP contribution in [0.1, 0.15) is 26.2 Å². The van der Waals surface area contributed by atoms with E-state index in [1.165, 1.54) is 16.2 Å². The second-order valence-corrected chi connectivity index (χ2v) is 4.10. The Hall–Kier alpha value is 0.180. The van der Waals surface area contributed by atoms with E-state index in [1.807, 2.05) is 11.8 Å². The Morgan fingerprint density at radius 2 is 2.10 bits per heavy atom. The summed E-state index contributed by atoms with van der Waals surface area (Å²) in [5.41, 5.74) is 1.54. The van der Waals surface area contributed by atoms with Crippen LogP contribution in [0.5, 0.6) is 0 Å². The Labute approximate surface area is 72.1 Å². The molecule has 0 atom stereocenters. The van der Waals surface area contributed by atoms with Gasteiger partial charge in [0, 0.05) is 6.42 Å². The van der Waals surface area contributed by atoms with Crippen molar-refractivity contribution in [1.82, 2.24) is 0 Å². The van der Waals surface area contributed by atoms with E-state index in [0.29, 0.717) is 0 Å². The molecule has 2 heteroatoms. The highest BCUT2D eigenvalue weighted by Gasteiger charge is 2.11. The highest BCUT2D eigenvalue weighted by atomic mass is 32.2. The van der Waals surface area contributed by atoms with Gasteiger partial charge in [0.15, 0.2) is 0 Å². The average Bonchev–Trinajstić information content (AvgIpc) is 1.94. The zero-order valence-corrected chi connectivity index (χ0v) is 8.07. The lowest BCUT2D eigenvalue weighted by Crippen LogP contribution is -2.03. The molecule has 0 bridgehead atoms. The Morgan fingerprint density at radius 1 is 1.40 bits per heavy atom. The molecule has 56 valence electrons. The lowest BCUT2D eigenvalue weighted by atomic mass is 10.0. The second kappa shape index (κ2) is 3.54. The van der Waals surface area contributed by atoms with Crippen molar-refractivity contribution >= 4 is 28.8 Å². The summed E-state index contributed by atoms with van der Waals surface area (Å²) in [4.78, 5) is 2.73. The molecule has 0 heterocycles. The maximum atomic E-state index is 5.15. The molecule has 0 radical (unpaired) electrons. The Balaban J connectivity index is 2.72. The van der Waals surface area contributed by atoms with Crippen molar-refractivity contribution in [3.05, 3.63) is 10.5 Å². The second-order valence-electron chi connectivity index (χ2n) is 2.62. The number of rotatable bonds is 1. The van der Waals surface area contributed by atoms with Crippen molar-refractivity contribution in [2.24, 2.45) is 0 Å². The van der Waals surface area contributed by atoms with Gasteiger partial charge in [0.05, 0.1) is 0 Å². The number of hydrogen-bond acceptors (Lipinski definition) is 2. The van der Waals surface area contributed by atoms with E-state index in [1.54, 1.807) is 5.57 Å². The Bertz CT molecular complexity index is 180. The zero-order chi connectivity index (χ0) is 7.56. The van der Waals surface area contributed by atoms with Gasteiger partial charge in [-0.25, -0.2) is 0 Å². The molecule has 0 fully saturated rings. The first kappa shape index (κ1) is 8.28. The Kier molecular flexibility index (Phi) is 2.93. The minimum Gasteiger partial charge on any atom is -0.134 e. The topological polar surface area (TPSA) is 0 Å². The first-order valence-electron chi connectivity index (χ1n) is 3.48. The fourth-order valence-corrected chi connectivity index (χ4v) is 2.24. The Morgan fingerprint density at radius 3 is 2.60 bits per heavy atom. The van der Waals surface area contributed by atoms with E-state index in [-0.39, 0.29) is 0 Å². The van der Waals surface area contributed by atoms with E-state index < -0.39 is 0 Å². The van der Waals surface area contributed by atoms with Crippen LogP contribution in [-0.4, -0.2) is 11.1 Å². The first-order chi connectivity index (χ1) is 4.74. The number of thioether (sulfide) groups is 1. The lowest BCUT2D eigenvalue weighted by Gasteiger charge is -2.16. The molecule has 0 amide bonds. The molecular formula is C8H12S2. The first-order valence-corrected chi connectivity index (χ1v) is 5.11. The lowest BCUT2D eigenvalue weighted by molar-refractivity contribution is 0.962. The van der Waals surface area contributed by atoms with Gasteiger partial charge in [-0.1, -0.05) is 17.8 Å². The molecular weight excluding hydrogens is 160 g/mol. The number of thiocarbonyl (C=S) groups is 1. The summed E-state index contributed by atoms with van der Waals surface area (Å²) in [7, 11) is 0. The summed E-state index contributed by atoms with van der Waals surface area (Å²) in [6.45, 7) is 2.22. The third-order valence-corrected chi connectivity index (χ3v) is 3.19. The maximum absolute atomic E-state index is 5.15. The van der Waals surface area contributed by atoms with Crippen molar-refractivity contribution in [2.45, 2.75) is 26.2 Å². The molecule has 1 rings (SSSR count). The third kappa shape index (κ3) is 1.83. The molecule has 0 saturated carbocycles. The molecule has 0 aromatic carbocycles. The summed E-state index contributed by atoms with van der Waals surface area (Å²) < 4.78 is 0. The molecule has 1 aliphatic carbocycles. The van der Waals surface area contributed by atoms with E-state index in [4.69, 9.17) is 12.2 Å². The van der Waals surface area contributed by atoms with Crippen LogP contribution < -0.4 is 0 Å². The molecule has 1 aliphatic rings. The van der Waals surface area contributed by atoms with Gasteiger partial charge in [-0.2, -0.15) is 0 Å². The van der Waals surface area contributed by atoms with Crippen LogP contribution in [0.4, 0.5) is 0 Å². The predicted octanol–water partition coefficient (Wildman–Crippen LogP) is 3.18. The van der Waals surface area contributed by atoms with Crippen LogP contribution in [0.3, 0.4) is 0 Å². The largest absolute Gasteiger partial charge is 0.134 e. The monoisotopic (exact) mass is 172 g/mol. The van der Waals surface area contributed by atoms with Crippen LogP contribution in [0, 0.1) is 0 Å². The number of hydrogen-bond donors (Lipinski definition) is 0. The van der Waals surface area contributed by atoms with Crippen molar-refractivity contribution in [2.75, 3.05) is 6.26 Å². The van der Waals surface area contributed by atoms with Crippen LogP contribution in [0.15, 0.2) is 10.5 Å². The summed E-state index contributed by atoms with van der Waals surface area (Å²) in [5.74, 6) is 0. The summed E-state index contributed by atoms with van der Waals surface area (Å²) in [6, 6.07) is 0. The van der Waals surface area contributed by atoms with Gasteiger partial charge < -0.3 is 0 Å². The smallest absolute Gasteiger partial charge is 0.00977 e. The van der Waals surface area contributed by atoms with Crippen molar-refractivity contribution in [3.8, 4) is 0 Å². The van der Waals surface area contributed by atoms with Crippen LogP contribution in [0.2, 0.25) is 0 Å². The van der Waals surface area contributed by atoms with Gasteiger partial charge in [-0.05, 0) is 35.8 Å². The minimum atomic E-state index is 1.06. The molecule has 0 aromatic heterocycles. The van der Waals surface area contributed by atoms with Crippen molar-refractivity contribution in [3.63, 3.8) is 0 Å². The summed E-state index contributed by atoms with van der Waals surface area (Å²) in [5, 5.41) is 0. The third-order valence-electron chi connectivity index (χ3n) is 1.86. The molecule has 0 N–H and O–H groups in total. The average molecular weight is 172 g/mol. The highest BCUT2D eigenvalue weighted by molar-refractivity contribution is 8.02.